The van der Waals surface area contributed by atoms with E-state index in [9.17, 15) is 0 Å². The molecule has 0 bridgehead atoms. The van der Waals surface area contributed by atoms with E-state index < -0.39 is 0 Å². The van der Waals surface area contributed by atoms with Crippen LogP contribution >= 0.6 is 0 Å². The minimum atomic E-state index is 0.795. The molecule has 1 N–H and O–H groups in total. The topological polar surface area (TPSA) is 15.3 Å². The molecule has 0 radical (unpaired) electrons. The molecule has 3 atom stereocenters. The number of piperidine rings is 1. The van der Waals surface area contributed by atoms with Crippen molar-refractivity contribution in [3.05, 3.63) is 0 Å². The third kappa shape index (κ3) is 3.71. The van der Waals surface area contributed by atoms with E-state index in [0.29, 0.717) is 0 Å². The molecule has 1 aliphatic heterocycles. The van der Waals surface area contributed by atoms with Crippen LogP contribution in [-0.4, -0.2) is 36.1 Å². The standard InChI is InChI=1S/C16H32N2/c1-3-11-17-14-8-7-10-16(13-14)18-12-6-5-9-15(18)4-2/h14-17H,3-13H2,1-2H3. The fourth-order valence-corrected chi connectivity index (χ4v) is 3.94. The second-order valence-electron chi connectivity index (χ2n) is 6.27. The van der Waals surface area contributed by atoms with Gasteiger partial charge in [-0.1, -0.05) is 26.7 Å². The smallest absolute Gasteiger partial charge is 0.0113 e. The summed E-state index contributed by atoms with van der Waals surface area (Å²) in [5.74, 6) is 0. The number of rotatable bonds is 5. The lowest BCUT2D eigenvalue weighted by Crippen LogP contribution is -2.50. The van der Waals surface area contributed by atoms with Crippen molar-refractivity contribution >= 4 is 0 Å². The Bertz CT molecular complexity index is 229. The minimum Gasteiger partial charge on any atom is -0.314 e. The van der Waals surface area contributed by atoms with Crippen molar-refractivity contribution in [2.75, 3.05) is 13.1 Å². The van der Waals surface area contributed by atoms with Crippen LogP contribution in [0.25, 0.3) is 0 Å². The van der Waals surface area contributed by atoms with Crippen LogP contribution in [-0.2, 0) is 0 Å². The third-order valence-corrected chi connectivity index (χ3v) is 4.94. The summed E-state index contributed by atoms with van der Waals surface area (Å²) in [5, 5.41) is 3.75. The van der Waals surface area contributed by atoms with E-state index in [1.165, 1.54) is 70.9 Å². The van der Waals surface area contributed by atoms with Crippen LogP contribution in [0.2, 0.25) is 0 Å². The molecule has 0 aromatic carbocycles. The first-order valence-electron chi connectivity index (χ1n) is 8.34. The van der Waals surface area contributed by atoms with E-state index in [1.54, 1.807) is 0 Å². The molecule has 0 aromatic rings. The van der Waals surface area contributed by atoms with Gasteiger partial charge in [-0.05, 0) is 58.0 Å². The zero-order valence-corrected chi connectivity index (χ0v) is 12.5. The summed E-state index contributed by atoms with van der Waals surface area (Å²) >= 11 is 0. The zero-order valence-electron chi connectivity index (χ0n) is 12.5. The van der Waals surface area contributed by atoms with Crippen LogP contribution in [0.5, 0.6) is 0 Å². The van der Waals surface area contributed by atoms with Crippen LogP contribution in [0.15, 0.2) is 0 Å². The average molecular weight is 252 g/mol. The third-order valence-electron chi connectivity index (χ3n) is 4.94. The van der Waals surface area contributed by atoms with E-state index in [4.69, 9.17) is 0 Å². The summed E-state index contributed by atoms with van der Waals surface area (Å²) in [6.07, 6.45) is 12.6. The van der Waals surface area contributed by atoms with Crippen molar-refractivity contribution in [2.45, 2.75) is 89.8 Å². The molecule has 1 heterocycles. The molecule has 1 aliphatic carbocycles. The van der Waals surface area contributed by atoms with Crippen molar-refractivity contribution in [1.29, 1.82) is 0 Å². The highest BCUT2D eigenvalue weighted by atomic mass is 15.2. The normalized spacial score (nSPS) is 34.7. The SMILES string of the molecule is CCCNC1CCCC(N2CCCCC2CC)C1. The molecule has 1 saturated heterocycles. The highest BCUT2D eigenvalue weighted by molar-refractivity contribution is 4.88. The maximum absolute atomic E-state index is 3.75. The molecule has 2 heteroatoms. The summed E-state index contributed by atoms with van der Waals surface area (Å²) in [7, 11) is 0. The van der Waals surface area contributed by atoms with E-state index in [0.717, 1.165) is 18.1 Å². The maximum Gasteiger partial charge on any atom is 0.0113 e. The van der Waals surface area contributed by atoms with Crippen LogP contribution in [0.4, 0.5) is 0 Å². The number of hydrogen-bond acceptors (Lipinski definition) is 2. The summed E-state index contributed by atoms with van der Waals surface area (Å²) in [6, 6.07) is 2.55. The van der Waals surface area contributed by atoms with Gasteiger partial charge in [0.15, 0.2) is 0 Å². The van der Waals surface area contributed by atoms with Gasteiger partial charge >= 0.3 is 0 Å². The zero-order chi connectivity index (χ0) is 12.8. The van der Waals surface area contributed by atoms with E-state index in [1.807, 2.05) is 0 Å². The highest BCUT2D eigenvalue weighted by Crippen LogP contribution is 2.29. The van der Waals surface area contributed by atoms with Gasteiger partial charge in [0.25, 0.3) is 0 Å². The first-order chi connectivity index (χ1) is 8.85. The number of likely N-dealkylation sites (tertiary alicyclic amines) is 1. The Morgan fingerprint density at radius 3 is 2.72 bits per heavy atom. The molecule has 106 valence electrons. The summed E-state index contributed by atoms with van der Waals surface area (Å²) < 4.78 is 0. The monoisotopic (exact) mass is 252 g/mol. The van der Waals surface area contributed by atoms with Gasteiger partial charge in [-0.25, -0.2) is 0 Å². The quantitative estimate of drug-likeness (QED) is 0.805. The lowest BCUT2D eigenvalue weighted by molar-refractivity contribution is 0.0622. The molecule has 1 saturated carbocycles. The molecular weight excluding hydrogens is 220 g/mol. The van der Waals surface area contributed by atoms with Crippen molar-refractivity contribution in [3.63, 3.8) is 0 Å². The predicted molar refractivity (Wildman–Crippen MR) is 79.0 cm³/mol. The Balaban J connectivity index is 1.86. The van der Waals surface area contributed by atoms with E-state index >= 15 is 0 Å². The fourth-order valence-electron chi connectivity index (χ4n) is 3.94. The second-order valence-corrected chi connectivity index (χ2v) is 6.27. The summed E-state index contributed by atoms with van der Waals surface area (Å²) in [5.41, 5.74) is 0. The van der Waals surface area contributed by atoms with Crippen molar-refractivity contribution < 1.29 is 0 Å². The molecule has 2 fully saturated rings. The predicted octanol–water partition coefficient (Wildman–Crippen LogP) is 3.56. The Hall–Kier alpha value is -0.0800. The second kappa shape index (κ2) is 7.49. The number of nitrogens with one attached hydrogen (secondary N) is 1. The molecule has 2 rings (SSSR count). The van der Waals surface area contributed by atoms with Crippen LogP contribution in [0, 0.1) is 0 Å². The van der Waals surface area contributed by atoms with Gasteiger partial charge in [-0.2, -0.15) is 0 Å². The molecule has 0 amide bonds. The molecule has 3 unspecified atom stereocenters. The molecule has 2 aliphatic rings. The number of nitrogens with zero attached hydrogens (tertiary/aromatic N) is 1. The summed E-state index contributed by atoms with van der Waals surface area (Å²) in [4.78, 5) is 2.86. The van der Waals surface area contributed by atoms with Crippen LogP contribution in [0.1, 0.15) is 71.6 Å². The van der Waals surface area contributed by atoms with Gasteiger partial charge in [-0.15, -0.1) is 0 Å². The van der Waals surface area contributed by atoms with Gasteiger partial charge in [0.05, 0.1) is 0 Å². The Labute approximate surface area is 114 Å². The van der Waals surface area contributed by atoms with Gasteiger partial charge in [-0.3, -0.25) is 4.90 Å². The highest BCUT2D eigenvalue weighted by Gasteiger charge is 2.31. The fraction of sp³-hybridized carbons (Fsp3) is 1.00. The van der Waals surface area contributed by atoms with Crippen LogP contribution < -0.4 is 5.32 Å². The Morgan fingerprint density at radius 2 is 1.94 bits per heavy atom. The van der Waals surface area contributed by atoms with E-state index in [-0.39, 0.29) is 0 Å². The molecule has 18 heavy (non-hydrogen) atoms. The van der Waals surface area contributed by atoms with Crippen molar-refractivity contribution in [2.24, 2.45) is 0 Å². The lowest BCUT2D eigenvalue weighted by Gasteiger charge is -2.44. The van der Waals surface area contributed by atoms with Crippen molar-refractivity contribution in [1.82, 2.24) is 10.2 Å². The van der Waals surface area contributed by atoms with Gasteiger partial charge in [0, 0.05) is 18.1 Å². The van der Waals surface area contributed by atoms with Gasteiger partial charge in [0.1, 0.15) is 0 Å². The molecular formula is C16H32N2. The molecule has 0 spiro atoms. The lowest BCUT2D eigenvalue weighted by atomic mass is 9.87. The summed E-state index contributed by atoms with van der Waals surface area (Å²) in [6.45, 7) is 7.21. The van der Waals surface area contributed by atoms with Crippen LogP contribution in [0.3, 0.4) is 0 Å². The number of hydrogen-bond donors (Lipinski definition) is 1. The maximum atomic E-state index is 3.75. The van der Waals surface area contributed by atoms with E-state index in [2.05, 4.69) is 24.1 Å². The van der Waals surface area contributed by atoms with Gasteiger partial charge in [0.2, 0.25) is 0 Å². The molecule has 2 nitrogen and oxygen atoms in total. The molecule has 0 aromatic heterocycles. The van der Waals surface area contributed by atoms with Gasteiger partial charge < -0.3 is 5.32 Å². The largest absolute Gasteiger partial charge is 0.314 e. The van der Waals surface area contributed by atoms with Crippen molar-refractivity contribution in [3.8, 4) is 0 Å². The Kier molecular flexibility index (Phi) is 5.97. The first kappa shape index (κ1) is 14.3. The Morgan fingerprint density at radius 1 is 1.06 bits per heavy atom. The minimum absolute atomic E-state index is 0.795. The average Bonchev–Trinajstić information content (AvgIpc) is 2.45. The first-order valence-corrected chi connectivity index (χ1v) is 8.34.